The molecule has 0 saturated heterocycles. The lowest BCUT2D eigenvalue weighted by atomic mass is 9.79. The molecule has 2 fully saturated rings. The van der Waals surface area contributed by atoms with Gasteiger partial charge in [-0.3, -0.25) is 4.21 Å². The van der Waals surface area contributed by atoms with Crippen LogP contribution in [0.5, 0.6) is 0 Å². The molecule has 0 bridgehead atoms. The smallest absolute Gasteiger partial charge is 0.222 e. The summed E-state index contributed by atoms with van der Waals surface area (Å²) in [6, 6.07) is 2.12. The van der Waals surface area contributed by atoms with Crippen LogP contribution < -0.4 is 11.1 Å². The van der Waals surface area contributed by atoms with Crippen molar-refractivity contribution < 1.29 is 9.32 Å². The maximum Gasteiger partial charge on any atom is 0.222 e. The molecule has 0 radical (unpaired) electrons. The minimum atomic E-state index is -1.05. The highest BCUT2D eigenvalue weighted by molar-refractivity contribution is 7.88. The number of hydrogen-bond donors (Lipinski definition) is 3. The van der Waals surface area contributed by atoms with E-state index in [0.29, 0.717) is 24.1 Å². The van der Waals surface area contributed by atoms with E-state index in [1.807, 2.05) is 0 Å². The number of pyridine rings is 1. The predicted octanol–water partition coefficient (Wildman–Crippen LogP) is 3.67. The first-order chi connectivity index (χ1) is 14.7. The fourth-order valence-corrected chi connectivity index (χ4v) is 7.14. The van der Waals surface area contributed by atoms with E-state index in [-0.39, 0.29) is 11.9 Å². The molecule has 4 N–H and O–H groups in total. The van der Waals surface area contributed by atoms with Gasteiger partial charge in [0, 0.05) is 35.1 Å². The average molecular weight is 444 g/mol. The van der Waals surface area contributed by atoms with Gasteiger partial charge < -0.3 is 16.2 Å². The topological polar surface area (TPSA) is 114 Å². The number of anilines is 2. The first kappa shape index (κ1) is 19.8. The molecule has 158 valence electrons. The van der Waals surface area contributed by atoms with Crippen molar-refractivity contribution >= 4 is 44.0 Å². The number of nitrogens with zero attached hydrogens (tertiary/aromatic N) is 3. The summed E-state index contributed by atoms with van der Waals surface area (Å²) >= 11 is 1.48. The molecule has 7 nitrogen and oxygen atoms in total. The second-order valence-corrected chi connectivity index (χ2v) is 10.9. The van der Waals surface area contributed by atoms with E-state index in [9.17, 15) is 4.21 Å². The quantitative estimate of drug-likeness (QED) is 0.510. The van der Waals surface area contributed by atoms with Crippen LogP contribution in [0.3, 0.4) is 0 Å². The van der Waals surface area contributed by atoms with E-state index >= 15 is 0 Å². The lowest BCUT2D eigenvalue weighted by Crippen LogP contribution is -2.23. The number of thiophene rings is 1. The van der Waals surface area contributed by atoms with E-state index in [0.717, 1.165) is 57.8 Å². The van der Waals surface area contributed by atoms with Gasteiger partial charge in [0.15, 0.2) is 0 Å². The molecule has 30 heavy (non-hydrogen) atoms. The van der Waals surface area contributed by atoms with Gasteiger partial charge >= 0.3 is 0 Å². The van der Waals surface area contributed by atoms with E-state index in [1.54, 1.807) is 12.4 Å². The van der Waals surface area contributed by atoms with Crippen molar-refractivity contribution in [2.24, 2.45) is 0 Å². The Bertz CT molecular complexity index is 1090. The van der Waals surface area contributed by atoms with Crippen molar-refractivity contribution in [2.45, 2.75) is 53.9 Å². The summed E-state index contributed by atoms with van der Waals surface area (Å²) < 4.78 is 13.8. The summed E-state index contributed by atoms with van der Waals surface area (Å²) in [6.45, 7) is 0.434. The zero-order chi connectivity index (χ0) is 20.7. The van der Waals surface area contributed by atoms with E-state index in [4.69, 9.17) is 15.8 Å². The van der Waals surface area contributed by atoms with Crippen molar-refractivity contribution in [3.05, 3.63) is 24.0 Å². The van der Waals surface area contributed by atoms with E-state index < -0.39 is 10.8 Å². The molecule has 5 rings (SSSR count). The van der Waals surface area contributed by atoms with Crippen LogP contribution in [0.15, 0.2) is 22.7 Å². The Labute approximate surface area is 181 Å². The highest BCUT2D eigenvalue weighted by Gasteiger charge is 2.31. The molecule has 3 heterocycles. The fraction of sp³-hybridized carbons (Fsp3) is 0.476. The highest BCUT2D eigenvalue weighted by Crippen LogP contribution is 2.47. The third kappa shape index (κ3) is 3.48. The Hall–Kier alpha value is -2.10. The molecule has 3 aromatic rings. The molecule has 9 heteroatoms. The zero-order valence-electron chi connectivity index (χ0n) is 16.6. The van der Waals surface area contributed by atoms with Crippen molar-refractivity contribution in [3.63, 3.8) is 0 Å². The molecule has 0 spiro atoms. The number of nitrogens with two attached hydrogens (primary N) is 1. The lowest BCUT2D eigenvalue weighted by Gasteiger charge is -2.27. The normalized spacial score (nSPS) is 18.2. The number of aliphatic hydroxyl groups is 1. The number of fused-ring (bicyclic) bond motifs is 1. The van der Waals surface area contributed by atoms with Gasteiger partial charge in [0.2, 0.25) is 5.95 Å². The second-order valence-electron chi connectivity index (χ2n) is 8.00. The minimum absolute atomic E-state index is 0.0262. The highest BCUT2D eigenvalue weighted by atomic mass is 32.2. The summed E-state index contributed by atoms with van der Waals surface area (Å²) in [5.74, 6) is 0.953. The molecule has 2 aliphatic carbocycles. The van der Waals surface area contributed by atoms with Crippen molar-refractivity contribution in [2.75, 3.05) is 24.2 Å². The van der Waals surface area contributed by atoms with Crippen LogP contribution in [-0.4, -0.2) is 42.7 Å². The Morgan fingerprint density at radius 2 is 1.93 bits per heavy atom. The Balaban J connectivity index is 1.57. The molecular formula is C21H25N5O2S2. The van der Waals surface area contributed by atoms with Gasteiger partial charge in [-0.1, -0.05) is 12.8 Å². The van der Waals surface area contributed by atoms with Crippen molar-refractivity contribution in [1.82, 2.24) is 15.0 Å². The number of nitrogen functional groups attached to an aromatic ring is 1. The SMILES string of the molecule is Nc1c(S(=O)C2CCC2)sc2nc(-c3cnc(NCCO)nc3)cc(C3CCC3)c12. The van der Waals surface area contributed by atoms with Gasteiger partial charge in [-0.15, -0.1) is 11.3 Å². The first-order valence-electron chi connectivity index (χ1n) is 10.5. The van der Waals surface area contributed by atoms with Gasteiger partial charge in [0.1, 0.15) is 9.04 Å². The van der Waals surface area contributed by atoms with Gasteiger partial charge in [-0.05, 0) is 43.2 Å². The molecule has 2 saturated carbocycles. The second kappa shape index (κ2) is 8.20. The third-order valence-electron chi connectivity index (χ3n) is 6.12. The van der Waals surface area contributed by atoms with Crippen LogP contribution in [0.2, 0.25) is 0 Å². The largest absolute Gasteiger partial charge is 0.396 e. The van der Waals surface area contributed by atoms with Crippen LogP contribution >= 0.6 is 11.3 Å². The van der Waals surface area contributed by atoms with Crippen molar-refractivity contribution in [3.8, 4) is 11.3 Å². The average Bonchev–Trinajstić information content (AvgIpc) is 3.01. The maximum atomic E-state index is 13.0. The Morgan fingerprint density at radius 3 is 2.53 bits per heavy atom. The van der Waals surface area contributed by atoms with Crippen molar-refractivity contribution in [1.29, 1.82) is 0 Å². The number of aromatic nitrogens is 3. The summed E-state index contributed by atoms with van der Waals surface area (Å²) in [5, 5.41) is 13.1. The molecule has 1 atom stereocenters. The Morgan fingerprint density at radius 1 is 1.20 bits per heavy atom. The molecule has 3 aromatic heterocycles. The fourth-order valence-electron chi connectivity index (χ4n) is 3.92. The van der Waals surface area contributed by atoms with Crippen LogP contribution in [0.1, 0.15) is 50.0 Å². The van der Waals surface area contributed by atoms with Crippen LogP contribution in [0.4, 0.5) is 11.6 Å². The number of nitrogens with one attached hydrogen (secondary N) is 1. The minimum Gasteiger partial charge on any atom is -0.396 e. The molecule has 1 unspecified atom stereocenters. The monoisotopic (exact) mass is 443 g/mol. The lowest BCUT2D eigenvalue weighted by molar-refractivity contribution is 0.311. The summed E-state index contributed by atoms with van der Waals surface area (Å²) in [5.41, 5.74) is 10.1. The van der Waals surface area contributed by atoms with E-state index in [2.05, 4.69) is 21.4 Å². The summed E-state index contributed by atoms with van der Waals surface area (Å²) in [6.07, 6.45) is 10.2. The summed E-state index contributed by atoms with van der Waals surface area (Å²) in [4.78, 5) is 14.4. The standard InChI is InChI=1S/C21H25N5O2S2/c22-18-17-15(12-3-1-4-12)9-16(13-10-24-21(25-11-13)23-7-8-27)26-19(17)29-20(18)30(28)14-5-2-6-14/h9-12,14,27H,1-8,22H2,(H,23,24,25). The number of hydrogen-bond acceptors (Lipinski definition) is 8. The van der Waals surface area contributed by atoms with Gasteiger partial charge in [-0.25, -0.2) is 15.0 Å². The van der Waals surface area contributed by atoms with Gasteiger partial charge in [-0.2, -0.15) is 0 Å². The van der Waals surface area contributed by atoms with Gasteiger partial charge in [0.25, 0.3) is 0 Å². The number of rotatable bonds is 7. The molecule has 0 aromatic carbocycles. The first-order valence-corrected chi connectivity index (χ1v) is 12.5. The van der Waals surface area contributed by atoms with Crippen LogP contribution in [-0.2, 0) is 10.8 Å². The molecular weight excluding hydrogens is 418 g/mol. The molecule has 2 aliphatic rings. The van der Waals surface area contributed by atoms with Gasteiger partial charge in [0.05, 0.1) is 28.8 Å². The maximum absolute atomic E-state index is 13.0. The Kier molecular flexibility index (Phi) is 5.43. The molecule has 0 aliphatic heterocycles. The zero-order valence-corrected chi connectivity index (χ0v) is 18.3. The van der Waals surface area contributed by atoms with E-state index in [1.165, 1.54) is 23.3 Å². The predicted molar refractivity (Wildman–Crippen MR) is 121 cm³/mol. The number of aliphatic hydroxyl groups excluding tert-OH is 1. The van der Waals surface area contributed by atoms with Crippen LogP contribution in [0.25, 0.3) is 21.5 Å². The van der Waals surface area contributed by atoms with Crippen LogP contribution in [0, 0.1) is 0 Å². The molecule has 0 amide bonds. The third-order valence-corrected chi connectivity index (χ3v) is 9.42. The summed E-state index contributed by atoms with van der Waals surface area (Å²) in [7, 11) is -1.05.